The number of carboxylic acid groups (broad SMARTS) is 1. The third kappa shape index (κ3) is 3.11. The molecule has 1 unspecified atom stereocenters. The molecule has 0 aromatic heterocycles. The van der Waals surface area contributed by atoms with Crippen LogP contribution >= 0.6 is 8.03 Å². The molecule has 18 heavy (non-hydrogen) atoms. The van der Waals surface area contributed by atoms with E-state index in [9.17, 15) is 9.36 Å². The number of carbonyl (C=O) groups is 1. The maximum atomic E-state index is 11.7. The molecule has 2 aromatic carbocycles. The van der Waals surface area contributed by atoms with Gasteiger partial charge in [-0.15, -0.1) is 0 Å². The van der Waals surface area contributed by atoms with Crippen molar-refractivity contribution in [1.82, 2.24) is 0 Å². The van der Waals surface area contributed by atoms with Gasteiger partial charge in [0, 0.05) is 11.5 Å². The highest BCUT2D eigenvalue weighted by molar-refractivity contribution is 7.39. The third-order valence-electron chi connectivity index (χ3n) is 2.52. The zero-order valence-electron chi connectivity index (χ0n) is 9.63. The smallest absolute Gasteiger partial charge is 0.303 e. The van der Waals surface area contributed by atoms with Crippen LogP contribution in [-0.2, 0) is 9.36 Å². The first-order valence-electron chi connectivity index (χ1n) is 5.57. The van der Waals surface area contributed by atoms with Gasteiger partial charge in [0.15, 0.2) is 0 Å². The van der Waals surface area contributed by atoms with Crippen molar-refractivity contribution < 1.29 is 19.0 Å². The van der Waals surface area contributed by atoms with Crippen LogP contribution in [0.2, 0.25) is 0 Å². The lowest BCUT2D eigenvalue weighted by Crippen LogP contribution is -1.97. The minimum atomic E-state index is -2.36. The van der Waals surface area contributed by atoms with E-state index in [1.165, 1.54) is 0 Å². The van der Waals surface area contributed by atoms with Crippen LogP contribution in [0.5, 0.6) is 5.75 Å². The van der Waals surface area contributed by atoms with E-state index in [4.69, 9.17) is 9.63 Å². The summed E-state index contributed by atoms with van der Waals surface area (Å²) in [7, 11) is -2.36. The van der Waals surface area contributed by atoms with Crippen molar-refractivity contribution in [3.05, 3.63) is 42.5 Å². The van der Waals surface area contributed by atoms with Crippen LogP contribution in [0.3, 0.4) is 0 Å². The number of hydrogen-bond acceptors (Lipinski definition) is 3. The second kappa shape index (κ2) is 5.69. The van der Waals surface area contributed by atoms with E-state index in [0.717, 1.165) is 10.8 Å². The Kier molecular flexibility index (Phi) is 4.00. The molecule has 2 rings (SSSR count). The Morgan fingerprint density at radius 2 is 1.89 bits per heavy atom. The predicted octanol–water partition coefficient (Wildman–Crippen LogP) is 3.17. The second-order valence-electron chi connectivity index (χ2n) is 3.85. The Balaban J connectivity index is 2.16. The SMILES string of the molecule is O=C(O)CC[PH](=O)Oc1cccc2ccccc12. The molecule has 2 aromatic rings. The van der Waals surface area contributed by atoms with Crippen LogP contribution in [0, 0.1) is 0 Å². The van der Waals surface area contributed by atoms with Crippen LogP contribution in [0.15, 0.2) is 42.5 Å². The molecular formula is C13H13O4P. The zero-order chi connectivity index (χ0) is 13.0. The molecule has 94 valence electrons. The van der Waals surface area contributed by atoms with E-state index in [1.807, 2.05) is 36.4 Å². The van der Waals surface area contributed by atoms with Gasteiger partial charge in [-0.3, -0.25) is 9.36 Å². The lowest BCUT2D eigenvalue weighted by molar-refractivity contribution is -0.136. The van der Waals surface area contributed by atoms with Crippen LogP contribution < -0.4 is 4.52 Å². The van der Waals surface area contributed by atoms with Gasteiger partial charge < -0.3 is 9.63 Å². The van der Waals surface area contributed by atoms with Gasteiger partial charge in [-0.05, 0) is 11.5 Å². The van der Waals surface area contributed by atoms with Crippen molar-refractivity contribution in [1.29, 1.82) is 0 Å². The van der Waals surface area contributed by atoms with E-state index in [1.54, 1.807) is 6.07 Å². The molecule has 0 aliphatic heterocycles. The van der Waals surface area contributed by atoms with Crippen molar-refractivity contribution in [2.24, 2.45) is 0 Å². The second-order valence-corrected chi connectivity index (χ2v) is 5.29. The molecule has 0 saturated carbocycles. The summed E-state index contributed by atoms with van der Waals surface area (Å²) < 4.78 is 17.0. The minimum absolute atomic E-state index is 0.0588. The average Bonchev–Trinajstić information content (AvgIpc) is 2.37. The fraction of sp³-hybridized carbons (Fsp3) is 0.154. The summed E-state index contributed by atoms with van der Waals surface area (Å²) in [4.78, 5) is 10.4. The lowest BCUT2D eigenvalue weighted by atomic mass is 10.1. The highest BCUT2D eigenvalue weighted by Gasteiger charge is 2.07. The standard InChI is InChI=1S/C13H13O4P/c14-13(15)8-9-18(16)17-12-7-3-5-10-4-1-2-6-11(10)12/h1-7,18H,8-9H2,(H,14,15). The molecule has 1 atom stereocenters. The molecule has 0 aliphatic rings. The molecule has 0 bridgehead atoms. The van der Waals surface area contributed by atoms with E-state index in [0.29, 0.717) is 5.75 Å². The number of benzene rings is 2. The maximum absolute atomic E-state index is 11.7. The first kappa shape index (κ1) is 12.7. The van der Waals surface area contributed by atoms with Crippen molar-refractivity contribution in [3.63, 3.8) is 0 Å². The first-order valence-corrected chi connectivity index (χ1v) is 7.09. The fourth-order valence-electron chi connectivity index (χ4n) is 1.67. The van der Waals surface area contributed by atoms with E-state index < -0.39 is 14.0 Å². The Hall–Kier alpha value is -1.80. The van der Waals surface area contributed by atoms with E-state index in [2.05, 4.69) is 0 Å². The summed E-state index contributed by atoms with van der Waals surface area (Å²) >= 11 is 0. The normalized spacial score (nSPS) is 12.2. The molecule has 0 saturated heterocycles. The van der Waals surface area contributed by atoms with Gasteiger partial charge in [0.05, 0.1) is 6.42 Å². The summed E-state index contributed by atoms with van der Waals surface area (Å²) in [6, 6.07) is 13.1. The topological polar surface area (TPSA) is 63.6 Å². The number of hydrogen-bond donors (Lipinski definition) is 1. The van der Waals surface area contributed by atoms with Crippen LogP contribution in [0.1, 0.15) is 6.42 Å². The van der Waals surface area contributed by atoms with Crippen molar-refractivity contribution in [2.75, 3.05) is 6.16 Å². The summed E-state index contributed by atoms with van der Waals surface area (Å²) in [5.41, 5.74) is 0. The predicted molar refractivity (Wildman–Crippen MR) is 70.7 cm³/mol. The summed E-state index contributed by atoms with van der Waals surface area (Å²) in [6.45, 7) is 0. The Labute approximate surface area is 105 Å². The van der Waals surface area contributed by atoms with Gasteiger partial charge >= 0.3 is 5.97 Å². The molecule has 1 N–H and O–H groups in total. The largest absolute Gasteiger partial charge is 0.481 e. The van der Waals surface area contributed by atoms with Crippen LogP contribution in [0.25, 0.3) is 10.8 Å². The molecule has 0 amide bonds. The number of rotatable bonds is 5. The summed E-state index contributed by atoms with van der Waals surface area (Å²) in [5.74, 6) is -0.419. The number of aliphatic carboxylic acids is 1. The summed E-state index contributed by atoms with van der Waals surface area (Å²) in [5, 5.41) is 10.4. The van der Waals surface area contributed by atoms with Gasteiger partial charge in [0.25, 0.3) is 0 Å². The van der Waals surface area contributed by atoms with Gasteiger partial charge in [0.2, 0.25) is 8.03 Å². The van der Waals surface area contributed by atoms with E-state index in [-0.39, 0.29) is 12.6 Å². The summed E-state index contributed by atoms with van der Waals surface area (Å²) in [6.07, 6.45) is -0.0776. The molecule has 0 heterocycles. The Morgan fingerprint density at radius 3 is 2.67 bits per heavy atom. The molecular weight excluding hydrogens is 251 g/mol. The number of carboxylic acids is 1. The van der Waals surface area contributed by atoms with Crippen molar-refractivity contribution in [3.8, 4) is 5.75 Å². The highest BCUT2D eigenvalue weighted by Crippen LogP contribution is 2.33. The van der Waals surface area contributed by atoms with Crippen LogP contribution in [-0.4, -0.2) is 17.2 Å². The third-order valence-corrected chi connectivity index (χ3v) is 3.62. The van der Waals surface area contributed by atoms with Gasteiger partial charge in [0.1, 0.15) is 5.75 Å². The minimum Gasteiger partial charge on any atom is -0.481 e. The first-order chi connectivity index (χ1) is 8.66. The van der Waals surface area contributed by atoms with Gasteiger partial charge in [-0.25, -0.2) is 0 Å². The lowest BCUT2D eigenvalue weighted by Gasteiger charge is -2.08. The van der Waals surface area contributed by atoms with Crippen LogP contribution in [0.4, 0.5) is 0 Å². The molecule has 0 radical (unpaired) electrons. The maximum Gasteiger partial charge on any atom is 0.303 e. The molecule has 5 heteroatoms. The Morgan fingerprint density at radius 1 is 1.17 bits per heavy atom. The average molecular weight is 264 g/mol. The monoisotopic (exact) mass is 264 g/mol. The van der Waals surface area contributed by atoms with Gasteiger partial charge in [-0.2, -0.15) is 0 Å². The van der Waals surface area contributed by atoms with E-state index >= 15 is 0 Å². The van der Waals surface area contributed by atoms with Crippen molar-refractivity contribution in [2.45, 2.75) is 6.42 Å². The molecule has 0 aliphatic carbocycles. The van der Waals surface area contributed by atoms with Crippen molar-refractivity contribution >= 4 is 24.8 Å². The quantitative estimate of drug-likeness (QED) is 0.842. The fourth-order valence-corrected chi connectivity index (χ4v) is 2.61. The molecule has 4 nitrogen and oxygen atoms in total. The molecule has 0 spiro atoms. The zero-order valence-corrected chi connectivity index (χ0v) is 10.6. The van der Waals surface area contributed by atoms with Gasteiger partial charge in [-0.1, -0.05) is 36.4 Å². The number of fused-ring (bicyclic) bond motifs is 1. The molecule has 0 fully saturated rings. The highest BCUT2D eigenvalue weighted by atomic mass is 31.1. The Bertz CT molecular complexity index is 589.